The maximum Gasteiger partial charge on any atom is 0.308 e. The van der Waals surface area contributed by atoms with Gasteiger partial charge >= 0.3 is 5.97 Å². The number of anilines is 1. The molecule has 1 fully saturated rings. The first-order valence-electron chi connectivity index (χ1n) is 5.84. The van der Waals surface area contributed by atoms with Crippen LogP contribution in [0.1, 0.15) is 6.42 Å². The molecule has 7 heteroatoms. The fourth-order valence-corrected chi connectivity index (χ4v) is 1.94. The standard InChI is InChI=1S/C12H14F2N2O3/c1-18-11(17)5-9-7-16(2-3-19-9)12-10(14)4-8(13)6-15-12/h4,6,9H,2-3,5,7H2,1H3. The average molecular weight is 272 g/mol. The van der Waals surface area contributed by atoms with Crippen molar-refractivity contribution in [1.82, 2.24) is 4.98 Å². The number of ether oxygens (including phenoxy) is 2. The monoisotopic (exact) mass is 272 g/mol. The molecule has 5 nitrogen and oxygen atoms in total. The molecular formula is C12H14F2N2O3. The van der Waals surface area contributed by atoms with Gasteiger partial charge in [-0.1, -0.05) is 0 Å². The zero-order chi connectivity index (χ0) is 13.8. The predicted molar refractivity (Wildman–Crippen MR) is 62.7 cm³/mol. The molecule has 0 bridgehead atoms. The Kier molecular flexibility index (Phi) is 4.26. The molecule has 1 unspecified atom stereocenters. The maximum absolute atomic E-state index is 13.6. The van der Waals surface area contributed by atoms with Crippen LogP contribution in [-0.4, -0.2) is 43.9 Å². The Hall–Kier alpha value is -1.76. The van der Waals surface area contributed by atoms with E-state index in [4.69, 9.17) is 4.74 Å². The Bertz CT molecular complexity index is 470. The van der Waals surface area contributed by atoms with Crippen molar-refractivity contribution in [3.05, 3.63) is 23.9 Å². The highest BCUT2D eigenvalue weighted by atomic mass is 19.1. The summed E-state index contributed by atoms with van der Waals surface area (Å²) < 4.78 is 36.4. The molecule has 19 heavy (non-hydrogen) atoms. The van der Waals surface area contributed by atoms with Crippen molar-refractivity contribution in [2.75, 3.05) is 31.7 Å². The first kappa shape index (κ1) is 13.7. The van der Waals surface area contributed by atoms with Crippen LogP contribution >= 0.6 is 0 Å². The number of esters is 1. The molecule has 104 valence electrons. The topological polar surface area (TPSA) is 51.7 Å². The Labute approximate surface area is 109 Å². The van der Waals surface area contributed by atoms with E-state index in [1.165, 1.54) is 7.11 Å². The van der Waals surface area contributed by atoms with Crippen LogP contribution in [0.5, 0.6) is 0 Å². The summed E-state index contributed by atoms with van der Waals surface area (Å²) in [5.74, 6) is -1.77. The highest BCUT2D eigenvalue weighted by Crippen LogP contribution is 2.20. The van der Waals surface area contributed by atoms with E-state index in [2.05, 4.69) is 9.72 Å². The number of halogens is 2. The fourth-order valence-electron chi connectivity index (χ4n) is 1.94. The molecule has 0 aromatic carbocycles. The Morgan fingerprint density at radius 2 is 2.42 bits per heavy atom. The first-order chi connectivity index (χ1) is 9.10. The van der Waals surface area contributed by atoms with Gasteiger partial charge in [0.1, 0.15) is 5.82 Å². The highest BCUT2D eigenvalue weighted by Gasteiger charge is 2.25. The number of rotatable bonds is 3. The van der Waals surface area contributed by atoms with Crippen molar-refractivity contribution in [2.45, 2.75) is 12.5 Å². The van der Waals surface area contributed by atoms with Crippen molar-refractivity contribution < 1.29 is 23.0 Å². The largest absolute Gasteiger partial charge is 0.469 e. The van der Waals surface area contributed by atoms with Gasteiger partial charge in [-0.2, -0.15) is 0 Å². The number of morpholine rings is 1. The molecule has 0 saturated carbocycles. The minimum Gasteiger partial charge on any atom is -0.469 e. The summed E-state index contributed by atoms with van der Waals surface area (Å²) in [7, 11) is 1.30. The molecule has 2 heterocycles. The van der Waals surface area contributed by atoms with Crippen molar-refractivity contribution in [3.8, 4) is 0 Å². The van der Waals surface area contributed by atoms with Crippen LogP contribution in [0.3, 0.4) is 0 Å². The normalized spacial score (nSPS) is 19.3. The molecule has 0 aliphatic carbocycles. The molecule has 0 spiro atoms. The lowest BCUT2D eigenvalue weighted by molar-refractivity contribution is -0.144. The molecule has 0 N–H and O–H groups in total. The minimum atomic E-state index is -0.723. The van der Waals surface area contributed by atoms with E-state index in [-0.39, 0.29) is 24.3 Å². The second-order valence-electron chi connectivity index (χ2n) is 4.18. The average Bonchev–Trinajstić information content (AvgIpc) is 2.39. The van der Waals surface area contributed by atoms with Crippen molar-refractivity contribution >= 4 is 11.8 Å². The first-order valence-corrected chi connectivity index (χ1v) is 5.84. The van der Waals surface area contributed by atoms with Crippen molar-refractivity contribution in [2.24, 2.45) is 0 Å². The van der Waals surface area contributed by atoms with E-state index in [1.807, 2.05) is 0 Å². The molecule has 1 aromatic heterocycles. The Morgan fingerprint density at radius 3 is 3.11 bits per heavy atom. The number of carbonyl (C=O) groups is 1. The Balaban J connectivity index is 2.06. The summed E-state index contributed by atoms with van der Waals surface area (Å²) in [6, 6.07) is 0.785. The van der Waals surface area contributed by atoms with Gasteiger partial charge < -0.3 is 14.4 Å². The van der Waals surface area contributed by atoms with E-state index < -0.39 is 11.6 Å². The number of aromatic nitrogens is 1. The zero-order valence-electron chi connectivity index (χ0n) is 10.4. The second kappa shape index (κ2) is 5.92. The summed E-state index contributed by atoms with van der Waals surface area (Å²) in [6.07, 6.45) is 0.673. The maximum atomic E-state index is 13.6. The molecule has 0 amide bonds. The number of methoxy groups -OCH3 is 1. The van der Waals surface area contributed by atoms with E-state index in [0.717, 1.165) is 12.3 Å². The molecular weight excluding hydrogens is 258 g/mol. The molecule has 1 aliphatic heterocycles. The van der Waals surface area contributed by atoms with Gasteiger partial charge in [0, 0.05) is 19.2 Å². The third-order valence-electron chi connectivity index (χ3n) is 2.85. The molecule has 1 atom stereocenters. The van der Waals surface area contributed by atoms with Crippen LogP contribution in [0.25, 0.3) is 0 Å². The molecule has 1 aliphatic rings. The van der Waals surface area contributed by atoms with E-state index in [1.54, 1.807) is 4.90 Å². The van der Waals surface area contributed by atoms with Crippen LogP contribution in [0.15, 0.2) is 12.3 Å². The summed E-state index contributed by atoms with van der Waals surface area (Å²) in [5.41, 5.74) is 0. The number of hydrogen-bond acceptors (Lipinski definition) is 5. The van der Waals surface area contributed by atoms with Crippen LogP contribution in [-0.2, 0) is 14.3 Å². The number of carbonyl (C=O) groups excluding carboxylic acids is 1. The highest BCUT2D eigenvalue weighted by molar-refractivity contribution is 5.69. The van der Waals surface area contributed by atoms with E-state index >= 15 is 0 Å². The van der Waals surface area contributed by atoms with Crippen LogP contribution < -0.4 is 4.90 Å². The lowest BCUT2D eigenvalue weighted by Crippen LogP contribution is -2.44. The number of pyridine rings is 1. The van der Waals surface area contributed by atoms with Gasteiger partial charge in [-0.3, -0.25) is 4.79 Å². The van der Waals surface area contributed by atoms with Crippen molar-refractivity contribution in [1.29, 1.82) is 0 Å². The summed E-state index contributed by atoms with van der Waals surface area (Å²) in [6.45, 7) is 1.10. The van der Waals surface area contributed by atoms with Crippen LogP contribution in [0, 0.1) is 11.6 Å². The fraction of sp³-hybridized carbons (Fsp3) is 0.500. The third kappa shape index (κ3) is 3.37. The van der Waals surface area contributed by atoms with E-state index in [9.17, 15) is 13.6 Å². The van der Waals surface area contributed by atoms with Gasteiger partial charge in [0.25, 0.3) is 0 Å². The SMILES string of the molecule is COC(=O)CC1CN(c2ncc(F)cc2F)CCO1. The lowest BCUT2D eigenvalue weighted by Gasteiger charge is -2.33. The summed E-state index contributed by atoms with van der Waals surface area (Å²) in [5, 5.41) is 0. The van der Waals surface area contributed by atoms with Gasteiger partial charge in [-0.15, -0.1) is 0 Å². The second-order valence-corrected chi connectivity index (χ2v) is 4.18. The van der Waals surface area contributed by atoms with Crippen LogP contribution in [0.4, 0.5) is 14.6 Å². The summed E-state index contributed by atoms with van der Waals surface area (Å²) >= 11 is 0. The molecule has 2 rings (SSSR count). The molecule has 1 saturated heterocycles. The van der Waals surface area contributed by atoms with Gasteiger partial charge in [-0.25, -0.2) is 13.8 Å². The lowest BCUT2D eigenvalue weighted by atomic mass is 10.2. The number of nitrogens with zero attached hydrogens (tertiary/aromatic N) is 2. The van der Waals surface area contributed by atoms with Crippen molar-refractivity contribution in [3.63, 3.8) is 0 Å². The van der Waals surface area contributed by atoms with Gasteiger partial charge in [0.05, 0.1) is 32.4 Å². The van der Waals surface area contributed by atoms with Crippen LogP contribution in [0.2, 0.25) is 0 Å². The van der Waals surface area contributed by atoms with Gasteiger partial charge in [0.2, 0.25) is 0 Å². The zero-order valence-corrected chi connectivity index (χ0v) is 10.4. The quantitative estimate of drug-likeness (QED) is 0.772. The van der Waals surface area contributed by atoms with E-state index in [0.29, 0.717) is 19.7 Å². The van der Waals surface area contributed by atoms with Gasteiger partial charge in [-0.05, 0) is 0 Å². The smallest absolute Gasteiger partial charge is 0.308 e. The van der Waals surface area contributed by atoms with Gasteiger partial charge in [0.15, 0.2) is 11.6 Å². The number of hydrogen-bond donors (Lipinski definition) is 0. The third-order valence-corrected chi connectivity index (χ3v) is 2.85. The predicted octanol–water partition coefficient (Wildman–Crippen LogP) is 1.13. The molecule has 1 aromatic rings. The molecule has 0 radical (unpaired) electrons. The Morgan fingerprint density at radius 1 is 1.63 bits per heavy atom. The minimum absolute atomic E-state index is 0.0690. The summed E-state index contributed by atoms with van der Waals surface area (Å²) in [4.78, 5) is 16.5.